The summed E-state index contributed by atoms with van der Waals surface area (Å²) in [5.41, 5.74) is 5.28. The number of hydrogen-bond acceptors (Lipinski definition) is 6. The number of carboxylic acids is 1. The molecule has 5 rings (SSSR count). The third kappa shape index (κ3) is 3.61. The lowest BCUT2D eigenvalue weighted by molar-refractivity contribution is 0.0695. The van der Waals surface area contributed by atoms with Crippen molar-refractivity contribution >= 4 is 28.2 Å². The number of ether oxygens (including phenoxy) is 1. The molecule has 0 amide bonds. The van der Waals surface area contributed by atoms with Gasteiger partial charge in [-0.15, -0.1) is 0 Å². The zero-order chi connectivity index (χ0) is 24.4. The van der Waals surface area contributed by atoms with Crippen molar-refractivity contribution in [1.29, 1.82) is 0 Å². The van der Waals surface area contributed by atoms with Gasteiger partial charge in [0, 0.05) is 42.8 Å². The van der Waals surface area contributed by atoms with Gasteiger partial charge in [-0.3, -0.25) is 4.79 Å². The number of aromatic carboxylic acids is 1. The molecule has 2 heterocycles. The lowest BCUT2D eigenvalue weighted by Crippen LogP contribution is -2.56. The van der Waals surface area contributed by atoms with Gasteiger partial charge in [0.25, 0.3) is 0 Å². The molecule has 2 aromatic rings. The molecule has 4 N–H and O–H groups in total. The van der Waals surface area contributed by atoms with Crippen molar-refractivity contribution < 1.29 is 19.0 Å². The van der Waals surface area contributed by atoms with Crippen molar-refractivity contribution in [3.8, 4) is 5.75 Å². The first kappa shape index (κ1) is 23.0. The maximum absolute atomic E-state index is 15.9. The molecular weight excluding hydrogens is 439 g/mol. The topological polar surface area (TPSA) is 110 Å². The van der Waals surface area contributed by atoms with Crippen LogP contribution in [0.15, 0.2) is 11.0 Å². The van der Waals surface area contributed by atoms with Gasteiger partial charge in [-0.1, -0.05) is 13.8 Å². The second-order valence-corrected chi connectivity index (χ2v) is 10.4. The van der Waals surface area contributed by atoms with Crippen LogP contribution in [0.5, 0.6) is 5.75 Å². The van der Waals surface area contributed by atoms with Crippen molar-refractivity contribution in [2.75, 3.05) is 30.8 Å². The van der Waals surface area contributed by atoms with E-state index in [9.17, 15) is 14.7 Å². The average molecular weight is 473 g/mol. The number of methoxy groups -OCH3 is 1. The lowest BCUT2D eigenvalue weighted by Gasteiger charge is -2.47. The molecule has 184 valence electrons. The summed E-state index contributed by atoms with van der Waals surface area (Å²) in [6.45, 7) is 5.63. The molecule has 0 spiro atoms. The van der Waals surface area contributed by atoms with E-state index in [0.29, 0.717) is 30.7 Å². The SMILES string of the molecule is CCC1(C)CN(c2c(F)c(N)c3c(=O)c(C(=O)O)cn(C4CC4)c3c2OC)CCC1NC1CC1. The van der Waals surface area contributed by atoms with Gasteiger partial charge in [0.15, 0.2) is 11.6 Å². The van der Waals surface area contributed by atoms with Gasteiger partial charge in [-0.25, -0.2) is 9.18 Å². The number of carbonyl (C=O) groups is 1. The predicted octanol–water partition coefficient (Wildman–Crippen LogP) is 3.51. The molecule has 1 saturated heterocycles. The number of rotatable bonds is 7. The number of benzene rings is 1. The molecule has 2 aliphatic carbocycles. The zero-order valence-electron chi connectivity index (χ0n) is 20.0. The summed E-state index contributed by atoms with van der Waals surface area (Å²) < 4.78 is 23.5. The van der Waals surface area contributed by atoms with Gasteiger partial charge < -0.3 is 30.4 Å². The number of aromatic nitrogens is 1. The van der Waals surface area contributed by atoms with E-state index in [1.54, 1.807) is 4.57 Å². The monoisotopic (exact) mass is 472 g/mol. The van der Waals surface area contributed by atoms with Crippen molar-refractivity contribution in [2.24, 2.45) is 5.41 Å². The van der Waals surface area contributed by atoms with E-state index in [-0.39, 0.29) is 34.0 Å². The summed E-state index contributed by atoms with van der Waals surface area (Å²) in [5, 5.41) is 13.2. The maximum Gasteiger partial charge on any atom is 0.341 e. The van der Waals surface area contributed by atoms with Gasteiger partial charge in [-0.05, 0) is 38.5 Å². The predicted molar refractivity (Wildman–Crippen MR) is 130 cm³/mol. The molecule has 1 aliphatic heterocycles. The number of pyridine rings is 1. The van der Waals surface area contributed by atoms with E-state index in [2.05, 4.69) is 19.2 Å². The Kier molecular flexibility index (Phi) is 5.50. The van der Waals surface area contributed by atoms with E-state index in [0.717, 1.165) is 25.7 Å². The number of nitrogen functional groups attached to an aromatic ring is 1. The molecular formula is C25H33FN4O4. The third-order valence-electron chi connectivity index (χ3n) is 7.97. The first-order valence-corrected chi connectivity index (χ1v) is 12.2. The number of fused-ring (bicyclic) bond motifs is 1. The van der Waals surface area contributed by atoms with Gasteiger partial charge >= 0.3 is 5.97 Å². The fourth-order valence-electron chi connectivity index (χ4n) is 5.46. The number of halogens is 1. The molecule has 2 saturated carbocycles. The first-order chi connectivity index (χ1) is 16.2. The van der Waals surface area contributed by atoms with Crippen molar-refractivity contribution in [2.45, 2.75) is 70.5 Å². The van der Waals surface area contributed by atoms with Gasteiger partial charge in [0.05, 0.1) is 23.7 Å². The largest absolute Gasteiger partial charge is 0.492 e. The molecule has 2 unspecified atom stereocenters. The van der Waals surface area contributed by atoms with E-state index in [1.807, 2.05) is 4.90 Å². The highest BCUT2D eigenvalue weighted by Crippen LogP contribution is 2.48. The minimum Gasteiger partial charge on any atom is -0.492 e. The van der Waals surface area contributed by atoms with E-state index >= 15 is 4.39 Å². The molecule has 8 nitrogen and oxygen atoms in total. The molecule has 0 radical (unpaired) electrons. The van der Waals surface area contributed by atoms with Gasteiger partial charge in [0.2, 0.25) is 5.43 Å². The summed E-state index contributed by atoms with van der Waals surface area (Å²) in [6, 6.07) is 0.958. The van der Waals surface area contributed by atoms with Crippen LogP contribution in [0.1, 0.15) is 68.8 Å². The molecule has 3 aliphatic rings. The number of nitrogens with zero attached hydrogens (tertiary/aromatic N) is 2. The summed E-state index contributed by atoms with van der Waals surface area (Å²) in [5.74, 6) is -1.83. The van der Waals surface area contributed by atoms with E-state index in [4.69, 9.17) is 10.5 Å². The Morgan fingerprint density at radius 1 is 1.32 bits per heavy atom. The Hall–Kier alpha value is -2.81. The maximum atomic E-state index is 15.9. The summed E-state index contributed by atoms with van der Waals surface area (Å²) >= 11 is 0. The number of hydrogen-bond donors (Lipinski definition) is 3. The summed E-state index contributed by atoms with van der Waals surface area (Å²) in [7, 11) is 1.46. The van der Waals surface area contributed by atoms with E-state index < -0.39 is 22.8 Å². The minimum absolute atomic E-state index is 0.0298. The van der Waals surface area contributed by atoms with Gasteiger partial charge in [-0.2, -0.15) is 0 Å². The molecule has 34 heavy (non-hydrogen) atoms. The molecule has 9 heteroatoms. The molecule has 3 fully saturated rings. The number of piperidine rings is 1. The van der Waals surface area contributed by atoms with Crippen LogP contribution in [0, 0.1) is 11.2 Å². The van der Waals surface area contributed by atoms with Crippen LogP contribution in [-0.4, -0.2) is 47.9 Å². The molecule has 0 bridgehead atoms. The number of nitrogens with two attached hydrogens (primary N) is 1. The standard InChI is InChI=1S/C25H33FN4O4/c1-4-25(2)12-29(10-9-16(25)28-13-5-6-13)21-18(26)19(27)17-20(23(21)34-3)30(14-7-8-14)11-15(22(17)31)24(32)33/h11,13-14,16,28H,4-10,12,27H2,1-3H3,(H,32,33). The van der Waals surface area contributed by atoms with Gasteiger partial charge in [0.1, 0.15) is 11.3 Å². The molecule has 2 atom stereocenters. The van der Waals surface area contributed by atoms with Crippen LogP contribution in [-0.2, 0) is 0 Å². The number of carboxylic acid groups (broad SMARTS) is 1. The summed E-state index contributed by atoms with van der Waals surface area (Å²) in [6.07, 6.45) is 7.25. The highest BCUT2D eigenvalue weighted by Gasteiger charge is 2.43. The second-order valence-electron chi connectivity index (χ2n) is 10.4. The average Bonchev–Trinajstić information content (AvgIpc) is 3.72. The minimum atomic E-state index is -1.35. The highest BCUT2D eigenvalue weighted by molar-refractivity contribution is 6.03. The van der Waals surface area contributed by atoms with Crippen LogP contribution in [0.3, 0.4) is 0 Å². The highest BCUT2D eigenvalue weighted by atomic mass is 19.1. The quantitative estimate of drug-likeness (QED) is 0.529. The smallest absolute Gasteiger partial charge is 0.341 e. The van der Waals surface area contributed by atoms with Crippen molar-refractivity contribution in [1.82, 2.24) is 9.88 Å². The number of nitrogens with one attached hydrogen (secondary N) is 1. The zero-order valence-corrected chi connectivity index (χ0v) is 20.0. The van der Waals surface area contributed by atoms with Crippen molar-refractivity contribution in [3.05, 3.63) is 27.8 Å². The van der Waals surface area contributed by atoms with Crippen LogP contribution < -0.4 is 26.1 Å². The molecule has 1 aromatic heterocycles. The third-order valence-corrected chi connectivity index (χ3v) is 7.97. The Bertz CT molecular complexity index is 1220. The lowest BCUT2D eigenvalue weighted by atomic mass is 9.75. The number of anilines is 2. The van der Waals surface area contributed by atoms with E-state index in [1.165, 1.54) is 26.1 Å². The fourth-order valence-corrected chi connectivity index (χ4v) is 5.46. The fraction of sp³-hybridized carbons (Fsp3) is 0.600. The summed E-state index contributed by atoms with van der Waals surface area (Å²) in [4.78, 5) is 26.8. The Morgan fingerprint density at radius 2 is 2.03 bits per heavy atom. The van der Waals surface area contributed by atoms with Crippen LogP contribution >= 0.6 is 0 Å². The Labute approximate surface area is 197 Å². The Morgan fingerprint density at radius 3 is 2.59 bits per heavy atom. The normalized spacial score (nSPS) is 25.1. The first-order valence-electron chi connectivity index (χ1n) is 12.2. The van der Waals surface area contributed by atoms with Crippen LogP contribution in [0.2, 0.25) is 0 Å². The molecule has 1 aromatic carbocycles. The van der Waals surface area contributed by atoms with Crippen LogP contribution in [0.25, 0.3) is 10.9 Å². The van der Waals surface area contributed by atoms with Crippen molar-refractivity contribution in [3.63, 3.8) is 0 Å². The van der Waals surface area contributed by atoms with Crippen LogP contribution in [0.4, 0.5) is 15.8 Å². The second kappa shape index (κ2) is 8.15. The Balaban J connectivity index is 1.69.